The molecular formula is C21H26N2O4S. The third-order valence-corrected chi connectivity index (χ3v) is 6.66. The van der Waals surface area contributed by atoms with Crippen molar-refractivity contribution in [1.82, 2.24) is 4.72 Å². The third-order valence-electron chi connectivity index (χ3n) is 5.12. The second-order valence-corrected chi connectivity index (χ2v) is 9.04. The van der Waals surface area contributed by atoms with Crippen LogP contribution in [-0.4, -0.2) is 31.6 Å². The summed E-state index contributed by atoms with van der Waals surface area (Å²) in [5.41, 5.74) is 8.18. The van der Waals surface area contributed by atoms with Gasteiger partial charge in [-0.05, 0) is 48.1 Å². The van der Waals surface area contributed by atoms with E-state index in [2.05, 4.69) is 4.72 Å². The first-order valence-corrected chi connectivity index (χ1v) is 11.0. The number of aliphatic carboxylic acids is 1. The van der Waals surface area contributed by atoms with Gasteiger partial charge in [0.15, 0.2) is 0 Å². The smallest absolute Gasteiger partial charge is 0.320 e. The van der Waals surface area contributed by atoms with Gasteiger partial charge in [-0.1, -0.05) is 55.7 Å². The van der Waals surface area contributed by atoms with E-state index in [4.69, 9.17) is 10.8 Å². The van der Waals surface area contributed by atoms with E-state index >= 15 is 0 Å². The normalized spacial score (nSPS) is 16.6. The molecule has 3 rings (SSSR count). The molecule has 0 radical (unpaired) electrons. The molecule has 0 aromatic heterocycles. The minimum Gasteiger partial charge on any atom is -0.480 e. The number of benzene rings is 2. The van der Waals surface area contributed by atoms with Crippen molar-refractivity contribution < 1.29 is 18.3 Å². The number of rotatable bonds is 7. The summed E-state index contributed by atoms with van der Waals surface area (Å²) >= 11 is 0. The maximum Gasteiger partial charge on any atom is 0.320 e. The van der Waals surface area contributed by atoms with Gasteiger partial charge in [-0.3, -0.25) is 4.79 Å². The lowest BCUT2D eigenvalue weighted by atomic mass is 9.96. The summed E-state index contributed by atoms with van der Waals surface area (Å²) in [6.45, 7) is 0. The van der Waals surface area contributed by atoms with E-state index in [1.54, 1.807) is 24.3 Å². The molecule has 0 unspecified atom stereocenters. The SMILES string of the molecule is N[C@H](Cc1cccc(-c2ccc(S(=O)(=O)NC3CCCCC3)cc2)c1)C(=O)O. The zero-order chi connectivity index (χ0) is 20.1. The predicted molar refractivity (Wildman–Crippen MR) is 108 cm³/mol. The van der Waals surface area contributed by atoms with Crippen LogP contribution in [-0.2, 0) is 21.2 Å². The number of sulfonamides is 1. The fourth-order valence-electron chi connectivity index (χ4n) is 3.55. The minimum absolute atomic E-state index is 0.0218. The van der Waals surface area contributed by atoms with E-state index in [9.17, 15) is 13.2 Å². The highest BCUT2D eigenvalue weighted by Crippen LogP contribution is 2.24. The monoisotopic (exact) mass is 402 g/mol. The van der Waals surface area contributed by atoms with Crippen molar-refractivity contribution in [3.8, 4) is 11.1 Å². The lowest BCUT2D eigenvalue weighted by molar-refractivity contribution is -0.138. The van der Waals surface area contributed by atoms with Crippen LogP contribution in [0.3, 0.4) is 0 Å². The first-order chi connectivity index (χ1) is 13.3. The average Bonchev–Trinajstić information content (AvgIpc) is 2.68. The standard InChI is InChI=1S/C21H26N2O4S/c22-20(21(24)25)14-15-5-4-6-17(13-15)16-9-11-19(12-10-16)28(26,27)23-18-7-2-1-3-8-18/h4-6,9-13,18,20,23H,1-3,7-8,14,22H2,(H,24,25)/t20-/m1/s1. The Morgan fingerprint density at radius 1 is 1.07 bits per heavy atom. The highest BCUT2D eigenvalue weighted by molar-refractivity contribution is 7.89. The summed E-state index contributed by atoms with van der Waals surface area (Å²) in [6, 6.07) is 13.3. The second-order valence-electron chi connectivity index (χ2n) is 7.33. The number of nitrogens with two attached hydrogens (primary N) is 1. The Morgan fingerprint density at radius 2 is 1.75 bits per heavy atom. The van der Waals surface area contributed by atoms with E-state index in [0.717, 1.165) is 42.4 Å². The molecule has 2 aromatic rings. The number of carboxylic acid groups (broad SMARTS) is 1. The van der Waals surface area contributed by atoms with Crippen LogP contribution in [0.15, 0.2) is 53.4 Å². The molecule has 0 amide bonds. The van der Waals surface area contributed by atoms with E-state index in [1.165, 1.54) is 6.42 Å². The zero-order valence-electron chi connectivity index (χ0n) is 15.7. The van der Waals surface area contributed by atoms with Gasteiger partial charge in [0.2, 0.25) is 10.0 Å². The van der Waals surface area contributed by atoms with Crippen LogP contribution >= 0.6 is 0 Å². The first kappa shape index (κ1) is 20.5. The molecule has 1 atom stereocenters. The Bertz CT molecular complexity index is 920. The van der Waals surface area contributed by atoms with Crippen molar-refractivity contribution in [1.29, 1.82) is 0 Å². The molecule has 4 N–H and O–H groups in total. The fourth-order valence-corrected chi connectivity index (χ4v) is 4.86. The molecule has 0 heterocycles. The van der Waals surface area contributed by atoms with Gasteiger partial charge < -0.3 is 10.8 Å². The summed E-state index contributed by atoms with van der Waals surface area (Å²) in [7, 11) is -3.52. The molecule has 0 aliphatic heterocycles. The number of hydrogen-bond donors (Lipinski definition) is 3. The van der Waals surface area contributed by atoms with Gasteiger partial charge in [-0.15, -0.1) is 0 Å². The topological polar surface area (TPSA) is 109 Å². The molecule has 2 aromatic carbocycles. The van der Waals surface area contributed by atoms with Gasteiger partial charge in [0, 0.05) is 6.04 Å². The first-order valence-electron chi connectivity index (χ1n) is 9.55. The molecule has 150 valence electrons. The summed E-state index contributed by atoms with van der Waals surface area (Å²) in [5, 5.41) is 8.97. The molecule has 0 bridgehead atoms. The van der Waals surface area contributed by atoms with E-state index in [-0.39, 0.29) is 17.4 Å². The van der Waals surface area contributed by atoms with Crippen molar-refractivity contribution in [2.45, 2.75) is 55.5 Å². The van der Waals surface area contributed by atoms with Crippen LogP contribution in [0.5, 0.6) is 0 Å². The Kier molecular flexibility index (Phi) is 6.49. The van der Waals surface area contributed by atoms with Crippen LogP contribution in [0.1, 0.15) is 37.7 Å². The lowest BCUT2D eigenvalue weighted by Crippen LogP contribution is -2.36. The average molecular weight is 403 g/mol. The van der Waals surface area contributed by atoms with Gasteiger partial charge in [0.1, 0.15) is 6.04 Å². The Balaban J connectivity index is 1.74. The highest BCUT2D eigenvalue weighted by Gasteiger charge is 2.21. The quantitative estimate of drug-likeness (QED) is 0.660. The number of nitrogens with one attached hydrogen (secondary N) is 1. The summed E-state index contributed by atoms with van der Waals surface area (Å²) in [6.07, 6.45) is 5.32. The molecule has 1 saturated carbocycles. The number of hydrogen-bond acceptors (Lipinski definition) is 4. The molecule has 1 aliphatic carbocycles. The fraction of sp³-hybridized carbons (Fsp3) is 0.381. The number of carboxylic acids is 1. The van der Waals surface area contributed by atoms with Gasteiger partial charge in [-0.2, -0.15) is 0 Å². The van der Waals surface area contributed by atoms with E-state index in [1.807, 2.05) is 24.3 Å². The molecule has 28 heavy (non-hydrogen) atoms. The van der Waals surface area contributed by atoms with Crippen molar-refractivity contribution in [2.75, 3.05) is 0 Å². The van der Waals surface area contributed by atoms with Crippen molar-refractivity contribution >= 4 is 16.0 Å². The van der Waals surface area contributed by atoms with Crippen LogP contribution in [0.4, 0.5) is 0 Å². The molecule has 1 aliphatic rings. The molecule has 0 saturated heterocycles. The van der Waals surface area contributed by atoms with E-state index < -0.39 is 22.0 Å². The summed E-state index contributed by atoms with van der Waals surface area (Å²) in [4.78, 5) is 11.2. The molecule has 6 nitrogen and oxygen atoms in total. The maximum absolute atomic E-state index is 12.6. The zero-order valence-corrected chi connectivity index (χ0v) is 16.5. The molecule has 7 heteroatoms. The highest BCUT2D eigenvalue weighted by atomic mass is 32.2. The minimum atomic E-state index is -3.52. The summed E-state index contributed by atoms with van der Waals surface area (Å²) in [5.74, 6) is -1.04. The van der Waals surface area contributed by atoms with Crippen molar-refractivity contribution in [2.24, 2.45) is 5.73 Å². The Hall–Kier alpha value is -2.22. The second kappa shape index (κ2) is 8.86. The maximum atomic E-state index is 12.6. The van der Waals surface area contributed by atoms with Gasteiger partial charge >= 0.3 is 5.97 Å². The van der Waals surface area contributed by atoms with Gasteiger partial charge in [0.25, 0.3) is 0 Å². The molecular weight excluding hydrogens is 376 g/mol. The Labute approximate surface area is 165 Å². The Morgan fingerprint density at radius 3 is 2.39 bits per heavy atom. The molecule has 0 spiro atoms. The van der Waals surface area contributed by atoms with Gasteiger partial charge in [0.05, 0.1) is 4.90 Å². The predicted octanol–water partition coefficient (Wildman–Crippen LogP) is 2.92. The van der Waals surface area contributed by atoms with Crippen molar-refractivity contribution in [3.63, 3.8) is 0 Å². The lowest BCUT2D eigenvalue weighted by Gasteiger charge is -2.22. The van der Waals surface area contributed by atoms with E-state index in [0.29, 0.717) is 0 Å². The molecule has 1 fully saturated rings. The van der Waals surface area contributed by atoms with Crippen molar-refractivity contribution in [3.05, 3.63) is 54.1 Å². The number of carbonyl (C=O) groups is 1. The largest absolute Gasteiger partial charge is 0.480 e. The summed E-state index contributed by atoms with van der Waals surface area (Å²) < 4.78 is 28.0. The van der Waals surface area contributed by atoms with Crippen LogP contribution in [0, 0.1) is 0 Å². The van der Waals surface area contributed by atoms with Crippen LogP contribution in [0.25, 0.3) is 11.1 Å². The van der Waals surface area contributed by atoms with Crippen LogP contribution in [0.2, 0.25) is 0 Å². The van der Waals surface area contributed by atoms with Crippen LogP contribution < -0.4 is 10.5 Å². The third kappa shape index (κ3) is 5.19. The van der Waals surface area contributed by atoms with Gasteiger partial charge in [-0.25, -0.2) is 13.1 Å².